The lowest BCUT2D eigenvalue weighted by molar-refractivity contribution is 0.266. The second kappa shape index (κ2) is 11.1. The van der Waals surface area contributed by atoms with Crippen molar-refractivity contribution in [3.05, 3.63) is 93.5 Å². The molecule has 152 valence electrons. The molecular formula is C24H25Cl2NO2. The molecule has 0 radical (unpaired) electrons. The van der Waals surface area contributed by atoms with Gasteiger partial charge in [0.05, 0.1) is 6.61 Å². The molecule has 0 heterocycles. The standard InChI is InChI=1S/C24H25Cl2NO2/c1-2-28-23-10-6-9-19(16-27-14-13-18-7-4-3-5-8-18)24(23)29-17-20-11-12-21(25)15-22(20)26/h3-12,15,27H,2,13-14,16-17H2,1H3. The van der Waals surface area contributed by atoms with Crippen LogP contribution in [0.25, 0.3) is 0 Å². The SMILES string of the molecule is CCOc1cccc(CNCCc2ccccc2)c1OCc1ccc(Cl)cc1Cl. The average Bonchev–Trinajstić information content (AvgIpc) is 2.73. The summed E-state index contributed by atoms with van der Waals surface area (Å²) in [6, 6.07) is 21.8. The highest BCUT2D eigenvalue weighted by Crippen LogP contribution is 2.33. The Morgan fingerprint density at radius 2 is 1.69 bits per heavy atom. The molecule has 3 aromatic rings. The monoisotopic (exact) mass is 429 g/mol. The van der Waals surface area contributed by atoms with E-state index in [1.54, 1.807) is 6.07 Å². The van der Waals surface area contributed by atoms with Gasteiger partial charge in [-0.3, -0.25) is 0 Å². The van der Waals surface area contributed by atoms with E-state index in [4.69, 9.17) is 32.7 Å². The van der Waals surface area contributed by atoms with Crippen molar-refractivity contribution < 1.29 is 9.47 Å². The summed E-state index contributed by atoms with van der Waals surface area (Å²) in [7, 11) is 0. The van der Waals surface area contributed by atoms with Gasteiger partial charge in [-0.1, -0.05) is 71.7 Å². The van der Waals surface area contributed by atoms with Crippen LogP contribution >= 0.6 is 23.2 Å². The van der Waals surface area contributed by atoms with E-state index in [0.29, 0.717) is 29.8 Å². The van der Waals surface area contributed by atoms with E-state index in [1.165, 1.54) is 5.56 Å². The van der Waals surface area contributed by atoms with Crippen molar-refractivity contribution in [1.82, 2.24) is 5.32 Å². The van der Waals surface area contributed by atoms with Gasteiger partial charge in [-0.2, -0.15) is 0 Å². The second-order valence-corrected chi connectivity index (χ2v) is 7.46. The highest BCUT2D eigenvalue weighted by Gasteiger charge is 2.12. The summed E-state index contributed by atoms with van der Waals surface area (Å²) < 4.78 is 11.9. The first kappa shape index (κ1) is 21.5. The highest BCUT2D eigenvalue weighted by atomic mass is 35.5. The van der Waals surface area contributed by atoms with Gasteiger partial charge in [0, 0.05) is 27.7 Å². The van der Waals surface area contributed by atoms with Gasteiger partial charge >= 0.3 is 0 Å². The van der Waals surface area contributed by atoms with Crippen molar-refractivity contribution in [3.63, 3.8) is 0 Å². The largest absolute Gasteiger partial charge is 0.490 e. The molecule has 0 aliphatic rings. The third-order valence-electron chi connectivity index (χ3n) is 4.50. The maximum absolute atomic E-state index is 6.29. The van der Waals surface area contributed by atoms with Crippen LogP contribution in [0.4, 0.5) is 0 Å². The lowest BCUT2D eigenvalue weighted by Crippen LogP contribution is -2.17. The number of hydrogen-bond donors (Lipinski definition) is 1. The van der Waals surface area contributed by atoms with Crippen molar-refractivity contribution in [2.75, 3.05) is 13.2 Å². The molecule has 3 nitrogen and oxygen atoms in total. The third kappa shape index (κ3) is 6.40. The zero-order valence-electron chi connectivity index (χ0n) is 16.5. The summed E-state index contributed by atoms with van der Waals surface area (Å²) in [5, 5.41) is 4.70. The molecule has 0 aromatic heterocycles. The van der Waals surface area contributed by atoms with E-state index in [1.807, 2.05) is 37.3 Å². The first-order valence-electron chi connectivity index (χ1n) is 9.73. The first-order valence-corrected chi connectivity index (χ1v) is 10.5. The topological polar surface area (TPSA) is 30.5 Å². The fourth-order valence-electron chi connectivity index (χ4n) is 3.02. The van der Waals surface area contributed by atoms with Crippen LogP contribution in [0.1, 0.15) is 23.6 Å². The summed E-state index contributed by atoms with van der Waals surface area (Å²) in [4.78, 5) is 0. The van der Waals surface area contributed by atoms with E-state index in [9.17, 15) is 0 Å². The molecule has 5 heteroatoms. The number of hydrogen-bond acceptors (Lipinski definition) is 3. The van der Waals surface area contributed by atoms with Crippen LogP contribution in [0.3, 0.4) is 0 Å². The van der Waals surface area contributed by atoms with Crippen LogP contribution in [0.15, 0.2) is 66.7 Å². The number of para-hydroxylation sites is 1. The minimum Gasteiger partial charge on any atom is -0.490 e. The van der Waals surface area contributed by atoms with Gasteiger partial charge in [-0.25, -0.2) is 0 Å². The lowest BCUT2D eigenvalue weighted by Gasteiger charge is -2.17. The summed E-state index contributed by atoms with van der Waals surface area (Å²) in [5.74, 6) is 1.48. The molecule has 0 aliphatic carbocycles. The predicted octanol–water partition coefficient (Wildman–Crippen LogP) is 6.30. The summed E-state index contributed by atoms with van der Waals surface area (Å²) in [5.41, 5.74) is 3.25. The molecule has 0 aliphatic heterocycles. The summed E-state index contributed by atoms with van der Waals surface area (Å²) in [6.07, 6.45) is 0.975. The number of rotatable bonds is 10. The Hall–Kier alpha value is -2.20. The average molecular weight is 430 g/mol. The van der Waals surface area contributed by atoms with Gasteiger partial charge in [0.15, 0.2) is 11.5 Å². The van der Waals surface area contributed by atoms with Gasteiger partial charge in [0.2, 0.25) is 0 Å². The fourth-order valence-corrected chi connectivity index (χ4v) is 3.49. The van der Waals surface area contributed by atoms with Gasteiger partial charge in [0.1, 0.15) is 6.61 Å². The second-order valence-electron chi connectivity index (χ2n) is 6.61. The van der Waals surface area contributed by atoms with Crippen molar-refractivity contribution in [2.45, 2.75) is 26.5 Å². The van der Waals surface area contributed by atoms with Gasteiger partial charge in [-0.15, -0.1) is 0 Å². The van der Waals surface area contributed by atoms with Gasteiger partial charge < -0.3 is 14.8 Å². The fraction of sp³-hybridized carbons (Fsp3) is 0.250. The number of halogens is 2. The molecular weight excluding hydrogens is 405 g/mol. The van der Waals surface area contributed by atoms with Crippen molar-refractivity contribution >= 4 is 23.2 Å². The summed E-state index contributed by atoms with van der Waals surface area (Å²) >= 11 is 12.3. The molecule has 0 fully saturated rings. The molecule has 0 amide bonds. The Morgan fingerprint density at radius 3 is 2.45 bits per heavy atom. The smallest absolute Gasteiger partial charge is 0.166 e. The van der Waals surface area contributed by atoms with E-state index < -0.39 is 0 Å². The Bertz CT molecular complexity index is 916. The molecule has 3 rings (SSSR count). The molecule has 29 heavy (non-hydrogen) atoms. The number of benzene rings is 3. The first-order chi connectivity index (χ1) is 14.2. The zero-order valence-corrected chi connectivity index (χ0v) is 18.0. The quantitative estimate of drug-likeness (QED) is 0.383. The Labute approximate surface area is 182 Å². The van der Waals surface area contributed by atoms with E-state index in [-0.39, 0.29) is 0 Å². The number of ether oxygens (including phenoxy) is 2. The summed E-state index contributed by atoms with van der Waals surface area (Å²) in [6.45, 7) is 4.45. The number of nitrogens with one attached hydrogen (secondary N) is 1. The molecule has 0 saturated carbocycles. The molecule has 1 N–H and O–H groups in total. The highest BCUT2D eigenvalue weighted by molar-refractivity contribution is 6.35. The Morgan fingerprint density at radius 1 is 0.862 bits per heavy atom. The minimum atomic E-state index is 0.344. The maximum atomic E-state index is 6.29. The van der Waals surface area contributed by atoms with Crippen LogP contribution in [-0.4, -0.2) is 13.2 Å². The van der Waals surface area contributed by atoms with Crippen LogP contribution in [0.2, 0.25) is 10.0 Å². The van der Waals surface area contributed by atoms with Crippen LogP contribution in [-0.2, 0) is 19.6 Å². The minimum absolute atomic E-state index is 0.344. The van der Waals surface area contributed by atoms with Crippen LogP contribution in [0.5, 0.6) is 11.5 Å². The Kier molecular flexibility index (Phi) is 8.24. The van der Waals surface area contributed by atoms with Gasteiger partial charge in [0.25, 0.3) is 0 Å². The molecule has 3 aromatic carbocycles. The van der Waals surface area contributed by atoms with E-state index >= 15 is 0 Å². The van der Waals surface area contributed by atoms with Crippen molar-refractivity contribution in [2.24, 2.45) is 0 Å². The van der Waals surface area contributed by atoms with Crippen molar-refractivity contribution in [1.29, 1.82) is 0 Å². The van der Waals surface area contributed by atoms with E-state index in [0.717, 1.165) is 35.6 Å². The molecule has 0 saturated heterocycles. The van der Waals surface area contributed by atoms with E-state index in [2.05, 4.69) is 35.6 Å². The lowest BCUT2D eigenvalue weighted by atomic mass is 10.1. The zero-order chi connectivity index (χ0) is 20.5. The Balaban J connectivity index is 1.67. The molecule has 0 unspecified atom stereocenters. The maximum Gasteiger partial charge on any atom is 0.166 e. The third-order valence-corrected chi connectivity index (χ3v) is 5.08. The molecule has 0 spiro atoms. The van der Waals surface area contributed by atoms with Gasteiger partial charge in [-0.05, 0) is 43.7 Å². The van der Waals surface area contributed by atoms with Crippen LogP contribution in [0, 0.1) is 0 Å². The molecule has 0 bridgehead atoms. The molecule has 0 atom stereocenters. The predicted molar refractivity (Wildman–Crippen MR) is 120 cm³/mol. The van der Waals surface area contributed by atoms with Crippen molar-refractivity contribution in [3.8, 4) is 11.5 Å². The van der Waals surface area contributed by atoms with Crippen LogP contribution < -0.4 is 14.8 Å². The normalized spacial score (nSPS) is 10.7.